The van der Waals surface area contributed by atoms with E-state index < -0.39 is 10.0 Å². The molecule has 0 radical (unpaired) electrons. The topological polar surface area (TPSA) is 95.6 Å². The van der Waals surface area contributed by atoms with Gasteiger partial charge in [-0.25, -0.2) is 8.42 Å². The van der Waals surface area contributed by atoms with Crippen LogP contribution in [0.2, 0.25) is 0 Å². The van der Waals surface area contributed by atoms with Gasteiger partial charge in [0.2, 0.25) is 5.91 Å². The Balaban J connectivity index is 1.56. The fraction of sp³-hybridized carbons (Fsp3) is 0.200. The lowest BCUT2D eigenvalue weighted by molar-refractivity contribution is -0.116. The SMILES string of the molecule is CC(=O)N1CCc2cc(S(=O)(=O)Nc3ccccc3C(=O)N[C@H](C)c3ccccc3)ccc21. The van der Waals surface area contributed by atoms with E-state index in [0.29, 0.717) is 13.0 Å². The minimum Gasteiger partial charge on any atom is -0.345 e. The third-order valence-electron chi connectivity index (χ3n) is 5.70. The van der Waals surface area contributed by atoms with Gasteiger partial charge in [-0.3, -0.25) is 14.3 Å². The summed E-state index contributed by atoms with van der Waals surface area (Å²) >= 11 is 0. The number of rotatable bonds is 6. The average molecular weight is 464 g/mol. The second-order valence-electron chi connectivity index (χ2n) is 7.97. The van der Waals surface area contributed by atoms with Gasteiger partial charge in [-0.15, -0.1) is 0 Å². The number of carbonyl (C=O) groups excluding carboxylic acids is 2. The molecule has 0 aliphatic carbocycles. The molecule has 3 aromatic rings. The first-order valence-corrected chi connectivity index (χ1v) is 12.1. The van der Waals surface area contributed by atoms with Crippen LogP contribution in [0.1, 0.15) is 41.4 Å². The number of para-hydroxylation sites is 1. The van der Waals surface area contributed by atoms with Crippen molar-refractivity contribution >= 4 is 33.2 Å². The van der Waals surface area contributed by atoms with Crippen LogP contribution in [0.5, 0.6) is 0 Å². The first kappa shape index (κ1) is 22.5. The van der Waals surface area contributed by atoms with Gasteiger partial charge in [0, 0.05) is 19.2 Å². The Hall–Kier alpha value is -3.65. The van der Waals surface area contributed by atoms with Crippen LogP contribution in [-0.4, -0.2) is 26.8 Å². The van der Waals surface area contributed by atoms with E-state index in [2.05, 4.69) is 10.0 Å². The van der Waals surface area contributed by atoms with Crippen molar-refractivity contribution in [2.45, 2.75) is 31.2 Å². The summed E-state index contributed by atoms with van der Waals surface area (Å²) in [5.41, 5.74) is 2.91. The van der Waals surface area contributed by atoms with Crippen molar-refractivity contribution in [1.82, 2.24) is 5.32 Å². The van der Waals surface area contributed by atoms with Crippen LogP contribution in [0, 0.1) is 0 Å². The first-order chi connectivity index (χ1) is 15.8. The van der Waals surface area contributed by atoms with Gasteiger partial charge in [0.15, 0.2) is 0 Å². The Morgan fingerprint density at radius 2 is 1.67 bits per heavy atom. The molecular weight excluding hydrogens is 438 g/mol. The van der Waals surface area contributed by atoms with Crippen LogP contribution >= 0.6 is 0 Å². The molecule has 7 nitrogen and oxygen atoms in total. The van der Waals surface area contributed by atoms with Crippen molar-refractivity contribution in [3.8, 4) is 0 Å². The van der Waals surface area contributed by atoms with Gasteiger partial charge in [-0.2, -0.15) is 0 Å². The molecule has 0 aromatic heterocycles. The maximum atomic E-state index is 13.1. The Bertz CT molecular complexity index is 1310. The van der Waals surface area contributed by atoms with Gasteiger partial charge in [-0.1, -0.05) is 42.5 Å². The van der Waals surface area contributed by atoms with Gasteiger partial charge in [-0.05, 0) is 54.8 Å². The molecule has 8 heteroatoms. The minimum atomic E-state index is -3.94. The molecule has 2 amide bonds. The highest BCUT2D eigenvalue weighted by Gasteiger charge is 2.25. The molecule has 1 atom stereocenters. The summed E-state index contributed by atoms with van der Waals surface area (Å²) < 4.78 is 28.8. The predicted octanol–water partition coefficient (Wildman–Crippen LogP) is 3.89. The van der Waals surface area contributed by atoms with Crippen LogP contribution in [-0.2, 0) is 21.2 Å². The molecule has 4 rings (SSSR count). The van der Waals surface area contributed by atoms with Crippen LogP contribution in [0.4, 0.5) is 11.4 Å². The quantitative estimate of drug-likeness (QED) is 0.580. The smallest absolute Gasteiger partial charge is 0.261 e. The summed E-state index contributed by atoms with van der Waals surface area (Å²) in [7, 11) is -3.94. The fourth-order valence-corrected chi connectivity index (χ4v) is 5.08. The van der Waals surface area contributed by atoms with E-state index in [0.717, 1.165) is 16.8 Å². The number of hydrogen-bond acceptors (Lipinski definition) is 4. The van der Waals surface area contributed by atoms with Gasteiger partial charge >= 0.3 is 0 Å². The number of fused-ring (bicyclic) bond motifs is 1. The molecule has 0 bridgehead atoms. The Morgan fingerprint density at radius 1 is 0.970 bits per heavy atom. The summed E-state index contributed by atoms with van der Waals surface area (Å²) in [5.74, 6) is -0.456. The molecule has 0 fully saturated rings. The van der Waals surface area contributed by atoms with Crippen molar-refractivity contribution in [2.75, 3.05) is 16.2 Å². The second kappa shape index (κ2) is 9.07. The van der Waals surface area contributed by atoms with E-state index in [-0.39, 0.29) is 34.0 Å². The molecule has 0 unspecified atom stereocenters. The number of benzene rings is 3. The fourth-order valence-electron chi connectivity index (χ4n) is 3.95. The highest BCUT2D eigenvalue weighted by atomic mass is 32.2. The Labute approximate surface area is 193 Å². The molecular formula is C25H25N3O4S. The largest absolute Gasteiger partial charge is 0.345 e. The molecule has 33 heavy (non-hydrogen) atoms. The van der Waals surface area contributed by atoms with Crippen molar-refractivity contribution < 1.29 is 18.0 Å². The molecule has 3 aromatic carbocycles. The predicted molar refractivity (Wildman–Crippen MR) is 128 cm³/mol. The first-order valence-electron chi connectivity index (χ1n) is 10.6. The van der Waals surface area contributed by atoms with E-state index in [9.17, 15) is 18.0 Å². The van der Waals surface area contributed by atoms with E-state index in [1.807, 2.05) is 37.3 Å². The number of carbonyl (C=O) groups is 2. The summed E-state index contributed by atoms with van der Waals surface area (Å²) in [6.45, 7) is 3.89. The maximum Gasteiger partial charge on any atom is 0.261 e. The maximum absolute atomic E-state index is 13.1. The highest BCUT2D eigenvalue weighted by molar-refractivity contribution is 7.92. The number of nitrogens with zero attached hydrogens (tertiary/aromatic N) is 1. The number of sulfonamides is 1. The van der Waals surface area contributed by atoms with Crippen molar-refractivity contribution in [1.29, 1.82) is 0 Å². The second-order valence-corrected chi connectivity index (χ2v) is 9.65. The zero-order chi connectivity index (χ0) is 23.6. The zero-order valence-corrected chi connectivity index (χ0v) is 19.2. The van der Waals surface area contributed by atoms with Gasteiger partial charge in [0.1, 0.15) is 0 Å². The summed E-state index contributed by atoms with van der Waals surface area (Å²) in [4.78, 5) is 26.4. The third-order valence-corrected chi connectivity index (χ3v) is 7.06. The lowest BCUT2D eigenvalue weighted by atomic mass is 10.1. The Morgan fingerprint density at radius 3 is 2.39 bits per heavy atom. The van der Waals surface area contributed by atoms with Crippen LogP contribution in [0.3, 0.4) is 0 Å². The third kappa shape index (κ3) is 4.75. The number of hydrogen-bond donors (Lipinski definition) is 2. The number of amides is 2. The van der Waals surface area contributed by atoms with Crippen LogP contribution in [0.25, 0.3) is 0 Å². The summed E-state index contributed by atoms with van der Waals surface area (Å²) in [6, 6.07) is 20.5. The molecule has 1 aliphatic rings. The van der Waals surface area contributed by atoms with Gasteiger partial charge in [0.25, 0.3) is 15.9 Å². The zero-order valence-electron chi connectivity index (χ0n) is 18.4. The number of anilines is 2. The Kier molecular flexibility index (Phi) is 6.20. The van der Waals surface area contributed by atoms with Crippen molar-refractivity contribution in [2.24, 2.45) is 0 Å². The van der Waals surface area contributed by atoms with E-state index in [4.69, 9.17) is 0 Å². The average Bonchev–Trinajstić information content (AvgIpc) is 3.23. The van der Waals surface area contributed by atoms with Gasteiger partial charge in [0.05, 0.1) is 22.2 Å². The standard InChI is InChI=1S/C25H25N3O4S/c1-17(19-8-4-3-5-9-19)26-25(30)22-10-6-7-11-23(22)27-33(31,32)21-12-13-24-20(16-21)14-15-28(24)18(2)29/h3-13,16-17,27H,14-15H2,1-2H3,(H,26,30)/t17-/m1/s1. The summed E-state index contributed by atoms with van der Waals surface area (Å²) in [5, 5.41) is 2.92. The minimum absolute atomic E-state index is 0.0767. The van der Waals surface area contributed by atoms with E-state index in [1.165, 1.54) is 13.0 Å². The lowest BCUT2D eigenvalue weighted by Crippen LogP contribution is -2.28. The molecule has 1 heterocycles. The van der Waals surface area contributed by atoms with E-state index >= 15 is 0 Å². The molecule has 2 N–H and O–H groups in total. The molecule has 0 saturated heterocycles. The van der Waals surface area contributed by atoms with Crippen molar-refractivity contribution in [3.05, 3.63) is 89.5 Å². The van der Waals surface area contributed by atoms with Crippen molar-refractivity contribution in [3.63, 3.8) is 0 Å². The number of nitrogens with one attached hydrogen (secondary N) is 2. The molecule has 0 saturated carbocycles. The molecule has 0 spiro atoms. The monoisotopic (exact) mass is 463 g/mol. The van der Waals surface area contributed by atoms with Crippen LogP contribution < -0.4 is 14.9 Å². The van der Waals surface area contributed by atoms with E-state index in [1.54, 1.807) is 41.3 Å². The van der Waals surface area contributed by atoms with Crippen LogP contribution in [0.15, 0.2) is 77.7 Å². The molecule has 170 valence electrons. The highest BCUT2D eigenvalue weighted by Crippen LogP contribution is 2.31. The lowest BCUT2D eigenvalue weighted by Gasteiger charge is -2.17. The molecule has 1 aliphatic heterocycles. The normalized spacial score (nSPS) is 13.8. The van der Waals surface area contributed by atoms with Gasteiger partial charge < -0.3 is 10.2 Å². The summed E-state index contributed by atoms with van der Waals surface area (Å²) in [6.07, 6.45) is 0.592.